The van der Waals surface area contributed by atoms with E-state index in [0.717, 1.165) is 116 Å². The Kier molecular flexibility index (Phi) is 64.8. The van der Waals surface area contributed by atoms with Gasteiger partial charge in [-0.1, -0.05) is 133 Å². The average molecular weight is 1860 g/mol. The van der Waals surface area contributed by atoms with Gasteiger partial charge in [0.25, 0.3) is 10.1 Å². The maximum absolute atomic E-state index is 10.7. The molecule has 0 atom stereocenters. The van der Waals surface area contributed by atoms with E-state index in [4.69, 9.17) is 171 Å². The first-order valence-electron chi connectivity index (χ1n) is 33.3. The van der Waals surface area contributed by atoms with Gasteiger partial charge in [0, 0.05) is 60.9 Å². The molecule has 0 aliphatic carbocycles. The summed E-state index contributed by atoms with van der Waals surface area (Å²) >= 11 is 61.3. The van der Waals surface area contributed by atoms with Crippen molar-refractivity contribution in [3.63, 3.8) is 0 Å². The summed E-state index contributed by atoms with van der Waals surface area (Å²) in [6.07, 6.45) is 3.75. The van der Waals surface area contributed by atoms with E-state index in [1.807, 2.05) is 56.3 Å². The van der Waals surface area contributed by atoms with E-state index < -0.39 is 10.1 Å². The van der Waals surface area contributed by atoms with Crippen LogP contribution in [-0.2, 0) is 47.9 Å². The van der Waals surface area contributed by atoms with E-state index in [1.54, 1.807) is 103 Å². The van der Waals surface area contributed by atoms with Crippen LogP contribution in [0, 0.1) is 27.7 Å². The third kappa shape index (κ3) is 53.8. The summed E-state index contributed by atoms with van der Waals surface area (Å²) in [4.78, 5) is 63.9. The van der Waals surface area contributed by atoms with Gasteiger partial charge in [-0.2, -0.15) is 37.2 Å². The molecule has 0 amide bonds. The molecule has 0 saturated heterocycles. The quantitative estimate of drug-likeness (QED) is 0.00989. The molecule has 0 heterocycles. The minimum absolute atomic E-state index is 0. The summed E-state index contributed by atoms with van der Waals surface area (Å²) in [6.45, 7) is 32.4. The van der Waals surface area contributed by atoms with Crippen molar-refractivity contribution in [1.29, 1.82) is 0 Å². The van der Waals surface area contributed by atoms with E-state index >= 15 is 0 Å². The topological polar surface area (TPSA) is 278 Å². The van der Waals surface area contributed by atoms with Gasteiger partial charge < -0.3 is 43.7 Å². The molecule has 116 heavy (non-hydrogen) atoms. The van der Waals surface area contributed by atoms with Crippen molar-refractivity contribution < 1.29 is 109 Å². The molecule has 19 nitrogen and oxygen atoms in total. The fourth-order valence-electron chi connectivity index (χ4n) is 7.74. The fraction of sp³-hybridized carbons (Fsp3) is 0.268. The SMILES string of the molecule is C=C(CCl)COS(C)(=O)=O.C=C(COc1ccc(Cl)c(Cl)c1)CSc1ccc(OC)c(C)c1.C=C(COc1ccc(Cl)c(Cl)c1)CSc1ccc(OCCC)c(C)c1.C=C(COc1ccc(Cl)c(Cl)c1)CSc1ccc(OCCC)c(C)c1.CC(=O)COc1ccc(S)cc1C.O=C=O.O=C=O.O=C=O.Oc1ccc(Cl)c(Cl)c1.[Li+].[OH-]. The normalized spacial score (nSPS) is 9.65. The Morgan fingerprint density at radius 3 is 1.03 bits per heavy atom. The van der Waals surface area contributed by atoms with Crippen LogP contribution >= 0.6 is 152 Å². The van der Waals surface area contributed by atoms with Gasteiger partial charge in [-0.15, -0.1) is 59.5 Å². The van der Waals surface area contributed by atoms with Crippen LogP contribution in [0.1, 0.15) is 55.9 Å². The molecule has 0 saturated carbocycles. The van der Waals surface area contributed by atoms with Gasteiger partial charge in [-0.05, 0) is 219 Å². The number of Topliss-reactive ketones (excluding diaryl/α,β-unsaturated/α-hetero) is 1. The minimum atomic E-state index is -3.35. The summed E-state index contributed by atoms with van der Waals surface area (Å²) < 4.78 is 64.1. The third-order valence-corrected chi connectivity index (χ3v) is 20.6. The van der Waals surface area contributed by atoms with E-state index in [2.05, 4.69) is 101 Å². The number of carbonyl (C=O) groups excluding carboxylic acids is 7. The third-order valence-electron chi connectivity index (χ3n) is 13.1. The first kappa shape index (κ1) is 114. The number of methoxy groups -OCH3 is 1. The van der Waals surface area contributed by atoms with Gasteiger partial charge in [0.05, 0.1) is 73.4 Å². The number of thioether (sulfide) groups is 3. The number of thiol groups is 1. The summed E-state index contributed by atoms with van der Waals surface area (Å²) in [5, 5.41) is 12.6. The predicted molar refractivity (Wildman–Crippen MR) is 467 cm³/mol. The molecular formula is C82H88Cl9LiO19S5. The molecular weight excluding hydrogens is 1780 g/mol. The summed E-state index contributed by atoms with van der Waals surface area (Å²) in [6, 6.07) is 44.3. The van der Waals surface area contributed by atoms with E-state index in [9.17, 15) is 13.2 Å². The second-order valence-electron chi connectivity index (χ2n) is 23.0. The average Bonchev–Trinajstić information content (AvgIpc) is 0.880. The van der Waals surface area contributed by atoms with Gasteiger partial charge in [0.1, 0.15) is 72.4 Å². The van der Waals surface area contributed by atoms with Crippen molar-refractivity contribution in [2.24, 2.45) is 0 Å². The van der Waals surface area contributed by atoms with Gasteiger partial charge in [-0.3, -0.25) is 8.98 Å². The largest absolute Gasteiger partial charge is 1.00 e. The molecule has 0 bridgehead atoms. The van der Waals surface area contributed by atoms with Gasteiger partial charge in [-0.25, -0.2) is 0 Å². The Morgan fingerprint density at radius 2 is 0.750 bits per heavy atom. The van der Waals surface area contributed by atoms with Crippen molar-refractivity contribution in [3.05, 3.63) is 257 Å². The molecule has 0 radical (unpaired) electrons. The zero-order chi connectivity index (χ0) is 86.3. The Balaban J connectivity index is -0.00000133. The molecule has 0 fully saturated rings. The van der Waals surface area contributed by atoms with Crippen molar-refractivity contribution in [3.8, 4) is 46.0 Å². The van der Waals surface area contributed by atoms with Crippen LogP contribution in [0.25, 0.3) is 0 Å². The number of hydrogen-bond donors (Lipinski definition) is 2. The molecule has 8 aromatic carbocycles. The van der Waals surface area contributed by atoms with Gasteiger partial charge in [0.15, 0.2) is 5.78 Å². The maximum atomic E-state index is 10.7. The fourth-order valence-corrected chi connectivity index (χ4v) is 12.3. The molecule has 8 aromatic rings. The molecule has 8 rings (SSSR count). The van der Waals surface area contributed by atoms with Crippen LogP contribution in [0.3, 0.4) is 0 Å². The zero-order valence-corrected chi connectivity index (χ0v) is 76.2. The molecule has 2 N–H and O–H groups in total. The monoisotopic (exact) mass is 1860 g/mol. The zero-order valence-electron chi connectivity index (χ0n) is 65.2. The van der Waals surface area contributed by atoms with Gasteiger partial charge in [0.2, 0.25) is 0 Å². The second-order valence-corrected chi connectivity index (χ2v) is 31.9. The minimum Gasteiger partial charge on any atom is -0.870 e. The Labute approximate surface area is 754 Å². The number of alkyl halides is 1. The van der Waals surface area contributed by atoms with E-state index in [1.165, 1.54) is 33.7 Å². The summed E-state index contributed by atoms with van der Waals surface area (Å²) in [5.41, 5.74) is 7.96. The van der Waals surface area contributed by atoms with Crippen molar-refractivity contribution >= 4 is 187 Å². The second kappa shape index (κ2) is 66.2. The molecule has 34 heteroatoms. The first-order valence-corrected chi connectivity index (χ1v) is 42.1. The van der Waals surface area contributed by atoms with Crippen molar-refractivity contribution in [1.82, 2.24) is 0 Å². The van der Waals surface area contributed by atoms with Crippen molar-refractivity contribution in [2.75, 3.05) is 82.8 Å². The van der Waals surface area contributed by atoms with Crippen molar-refractivity contribution in [2.45, 2.75) is 80.9 Å². The molecule has 624 valence electrons. The number of ether oxygens (including phenoxy) is 7. The van der Waals surface area contributed by atoms with Crippen LogP contribution in [-0.4, -0.2) is 126 Å². The number of rotatable bonds is 32. The standard InChI is InChI=1S/2C20H22Cl2O2S.C18H18Cl2O2S.C10H12O2S.C6H4Cl2O.C5H9ClO3S.3CO2.Li.H2O/c2*1-4-9-23-20-8-6-17(10-15(20)3)25-13-14(2)12-24-16-5-7-18(21)19(22)11-16;1-12(10-22-14-4-6-16(19)17(20)9-14)11-23-15-5-7-18(21-3)13(2)8-15;1-7-5-9(13)3-4-10(7)12-6-8(2)11;7-5-2-1-4(9)3-6(5)8;1-5(3-6)4-9-10(2,7)8;3*2-1-3;;/h2*5-8,10-11H,2,4,9,12-13H2,1,3H3;4-9H,1,10-11H2,2-3H3;3-5,13H,6H2,1-2H3;1-3,9H;1,3-4H2,2H3;;;;;1H2/q;;;;;;;;;+1;/p-1. The number of benzene rings is 8. The Hall–Kier alpha value is -6.59. The first-order chi connectivity index (χ1) is 54.0. The number of halogens is 9. The van der Waals surface area contributed by atoms with Crippen LogP contribution < -0.4 is 52.0 Å². The number of carbonyl (C=O) groups is 1. The Bertz CT molecular complexity index is 4430. The van der Waals surface area contributed by atoms with Gasteiger partial charge >= 0.3 is 37.3 Å². The number of aromatic hydroxyl groups is 1. The molecule has 0 aromatic heterocycles. The number of ketones is 1. The van der Waals surface area contributed by atoms with Crippen LogP contribution in [0.2, 0.25) is 40.2 Å². The molecule has 0 aliphatic heterocycles. The van der Waals surface area contributed by atoms with E-state index in [0.29, 0.717) is 82.8 Å². The molecule has 0 aliphatic rings. The number of phenols is 1. The van der Waals surface area contributed by atoms with E-state index in [-0.39, 0.29) is 73.4 Å². The van der Waals surface area contributed by atoms with Crippen LogP contribution in [0.5, 0.6) is 46.0 Å². The summed E-state index contributed by atoms with van der Waals surface area (Å²) in [5.74, 6) is 8.34. The summed E-state index contributed by atoms with van der Waals surface area (Å²) in [7, 11) is -1.67. The predicted octanol–water partition coefficient (Wildman–Crippen LogP) is 20.5. The molecule has 0 spiro atoms. The Morgan fingerprint density at radius 1 is 0.440 bits per heavy atom. The smallest absolute Gasteiger partial charge is 0.870 e. The maximum Gasteiger partial charge on any atom is 1.00 e. The van der Waals surface area contributed by atoms with Crippen LogP contribution in [0.15, 0.2) is 214 Å². The number of hydrogen-bond acceptors (Lipinski definition) is 23. The van der Waals surface area contributed by atoms with Crippen LogP contribution in [0.4, 0.5) is 0 Å². The number of aryl methyl sites for hydroxylation is 4. The number of phenolic OH excluding ortho intramolecular Hbond substituents is 1. The molecule has 0 unspecified atom stereocenters.